The molecule has 0 saturated carbocycles. The molecule has 4 atom stereocenters. The third kappa shape index (κ3) is 5.47. The Labute approximate surface area is 91.6 Å². The van der Waals surface area contributed by atoms with Crippen LogP contribution in [0.25, 0.3) is 0 Å². The third-order valence-corrected chi connectivity index (χ3v) is 2.60. The van der Waals surface area contributed by atoms with Gasteiger partial charge in [0.25, 0.3) is 0 Å². The van der Waals surface area contributed by atoms with Gasteiger partial charge >= 0.3 is 0 Å². The SMILES string of the molecule is CC[C@@H](O)[C@@H](O)[C@H](O)[C@@H](O)CCC(C)C. The first-order valence-electron chi connectivity index (χ1n) is 5.62. The quantitative estimate of drug-likeness (QED) is 0.496. The summed E-state index contributed by atoms with van der Waals surface area (Å²) in [6.45, 7) is 5.76. The summed E-state index contributed by atoms with van der Waals surface area (Å²) in [6, 6.07) is 0. The van der Waals surface area contributed by atoms with Crippen molar-refractivity contribution in [3.63, 3.8) is 0 Å². The van der Waals surface area contributed by atoms with E-state index in [1.807, 2.05) is 13.8 Å². The third-order valence-electron chi connectivity index (χ3n) is 2.60. The summed E-state index contributed by atoms with van der Waals surface area (Å²) in [4.78, 5) is 0. The van der Waals surface area contributed by atoms with Crippen LogP contribution in [0.4, 0.5) is 0 Å². The average Bonchev–Trinajstić information content (AvgIpc) is 2.22. The molecule has 0 radical (unpaired) electrons. The minimum Gasteiger partial charge on any atom is -0.390 e. The molecule has 0 aromatic heterocycles. The lowest BCUT2D eigenvalue weighted by Gasteiger charge is -2.26. The van der Waals surface area contributed by atoms with E-state index >= 15 is 0 Å². The molecule has 0 unspecified atom stereocenters. The van der Waals surface area contributed by atoms with Crippen molar-refractivity contribution in [3.05, 3.63) is 0 Å². The Morgan fingerprint density at radius 3 is 1.67 bits per heavy atom. The van der Waals surface area contributed by atoms with Gasteiger partial charge in [-0.3, -0.25) is 0 Å². The van der Waals surface area contributed by atoms with Crippen molar-refractivity contribution in [3.8, 4) is 0 Å². The summed E-state index contributed by atoms with van der Waals surface area (Å²) in [5.41, 5.74) is 0. The van der Waals surface area contributed by atoms with Gasteiger partial charge in [0.05, 0.1) is 12.2 Å². The Hall–Kier alpha value is -0.160. The second kappa shape index (κ2) is 7.17. The zero-order valence-electron chi connectivity index (χ0n) is 9.80. The van der Waals surface area contributed by atoms with Crippen LogP contribution < -0.4 is 0 Å². The lowest BCUT2D eigenvalue weighted by atomic mass is 9.96. The molecular formula is C11H24O4. The second-order valence-electron chi connectivity index (χ2n) is 4.50. The van der Waals surface area contributed by atoms with E-state index < -0.39 is 24.4 Å². The fourth-order valence-electron chi connectivity index (χ4n) is 1.37. The van der Waals surface area contributed by atoms with Gasteiger partial charge in [0.1, 0.15) is 12.2 Å². The molecule has 4 nitrogen and oxygen atoms in total. The summed E-state index contributed by atoms with van der Waals surface area (Å²) >= 11 is 0. The molecule has 0 aliphatic heterocycles. The highest BCUT2D eigenvalue weighted by Gasteiger charge is 2.29. The highest BCUT2D eigenvalue weighted by Crippen LogP contribution is 2.14. The fraction of sp³-hybridized carbons (Fsp3) is 1.00. The van der Waals surface area contributed by atoms with Gasteiger partial charge in [0.15, 0.2) is 0 Å². The average molecular weight is 220 g/mol. The van der Waals surface area contributed by atoms with Gasteiger partial charge in [0, 0.05) is 0 Å². The first kappa shape index (κ1) is 14.8. The largest absolute Gasteiger partial charge is 0.390 e. The zero-order valence-corrected chi connectivity index (χ0v) is 9.80. The molecule has 4 heteroatoms. The van der Waals surface area contributed by atoms with Crippen molar-refractivity contribution in [2.45, 2.75) is 64.4 Å². The van der Waals surface area contributed by atoms with Crippen LogP contribution in [0.3, 0.4) is 0 Å². The Morgan fingerprint density at radius 1 is 0.800 bits per heavy atom. The van der Waals surface area contributed by atoms with Gasteiger partial charge in [0.2, 0.25) is 0 Å². The molecule has 15 heavy (non-hydrogen) atoms. The van der Waals surface area contributed by atoms with Gasteiger partial charge in [-0.15, -0.1) is 0 Å². The number of hydrogen-bond acceptors (Lipinski definition) is 4. The lowest BCUT2D eigenvalue weighted by Crippen LogP contribution is -2.44. The minimum absolute atomic E-state index is 0.356. The van der Waals surface area contributed by atoms with Crippen LogP contribution in [-0.4, -0.2) is 44.8 Å². The molecule has 0 heterocycles. The van der Waals surface area contributed by atoms with Crippen LogP contribution in [-0.2, 0) is 0 Å². The molecule has 0 aliphatic carbocycles. The molecule has 0 amide bonds. The lowest BCUT2D eigenvalue weighted by molar-refractivity contribution is -0.107. The van der Waals surface area contributed by atoms with Crippen molar-refractivity contribution >= 4 is 0 Å². The second-order valence-corrected chi connectivity index (χ2v) is 4.50. The zero-order chi connectivity index (χ0) is 12.0. The molecule has 0 saturated heterocycles. The van der Waals surface area contributed by atoms with Gasteiger partial charge in [-0.25, -0.2) is 0 Å². The van der Waals surface area contributed by atoms with Crippen molar-refractivity contribution in [2.24, 2.45) is 5.92 Å². The normalized spacial score (nSPS) is 20.0. The van der Waals surface area contributed by atoms with E-state index in [-0.39, 0.29) is 0 Å². The van der Waals surface area contributed by atoms with E-state index in [1.54, 1.807) is 6.92 Å². The van der Waals surface area contributed by atoms with Crippen LogP contribution in [0, 0.1) is 5.92 Å². The summed E-state index contributed by atoms with van der Waals surface area (Å²) < 4.78 is 0. The molecule has 0 spiro atoms. The summed E-state index contributed by atoms with van der Waals surface area (Å²) in [5.74, 6) is 0.445. The molecule has 0 aliphatic rings. The number of aliphatic hydroxyl groups is 4. The van der Waals surface area contributed by atoms with Crippen LogP contribution in [0.1, 0.15) is 40.0 Å². The van der Waals surface area contributed by atoms with E-state index in [4.69, 9.17) is 0 Å². The number of rotatable bonds is 7. The Morgan fingerprint density at radius 2 is 1.27 bits per heavy atom. The molecular weight excluding hydrogens is 196 g/mol. The summed E-state index contributed by atoms with van der Waals surface area (Å²) in [6.07, 6.45) is -2.90. The maximum Gasteiger partial charge on any atom is 0.108 e. The maximum atomic E-state index is 9.56. The predicted molar refractivity (Wildman–Crippen MR) is 58.4 cm³/mol. The predicted octanol–water partition coefficient (Wildman–Crippen LogP) is 0.276. The van der Waals surface area contributed by atoms with Gasteiger partial charge in [-0.1, -0.05) is 20.8 Å². The molecule has 0 aromatic rings. The van der Waals surface area contributed by atoms with Gasteiger partial charge < -0.3 is 20.4 Å². The highest BCUT2D eigenvalue weighted by molar-refractivity contribution is 4.80. The summed E-state index contributed by atoms with van der Waals surface area (Å²) in [5, 5.41) is 37.9. The minimum atomic E-state index is -1.27. The van der Waals surface area contributed by atoms with E-state index in [0.29, 0.717) is 18.8 Å². The topological polar surface area (TPSA) is 80.9 Å². The molecule has 0 rings (SSSR count). The van der Waals surface area contributed by atoms with Crippen LogP contribution >= 0.6 is 0 Å². The van der Waals surface area contributed by atoms with E-state index in [2.05, 4.69) is 0 Å². The van der Waals surface area contributed by atoms with E-state index in [1.165, 1.54) is 0 Å². The number of aliphatic hydroxyl groups excluding tert-OH is 4. The van der Waals surface area contributed by atoms with Gasteiger partial charge in [-0.05, 0) is 25.2 Å². The van der Waals surface area contributed by atoms with Crippen molar-refractivity contribution in [1.29, 1.82) is 0 Å². The first-order valence-corrected chi connectivity index (χ1v) is 5.62. The Kier molecular flexibility index (Phi) is 7.09. The van der Waals surface area contributed by atoms with Crippen LogP contribution in [0.15, 0.2) is 0 Å². The van der Waals surface area contributed by atoms with Gasteiger partial charge in [-0.2, -0.15) is 0 Å². The monoisotopic (exact) mass is 220 g/mol. The maximum absolute atomic E-state index is 9.56. The summed E-state index contributed by atoms with van der Waals surface area (Å²) in [7, 11) is 0. The number of hydrogen-bond donors (Lipinski definition) is 4. The van der Waals surface area contributed by atoms with Crippen LogP contribution in [0.2, 0.25) is 0 Å². The molecule has 0 fully saturated rings. The standard InChI is InChI=1S/C11H24O4/c1-4-8(12)10(14)11(15)9(13)6-5-7(2)3/h7-15H,4-6H2,1-3H3/t8-,9+,10-,11-/m1/s1. The molecule has 4 N–H and O–H groups in total. The Balaban J connectivity index is 4.01. The van der Waals surface area contributed by atoms with Crippen molar-refractivity contribution < 1.29 is 20.4 Å². The molecule has 0 bridgehead atoms. The van der Waals surface area contributed by atoms with Crippen molar-refractivity contribution in [1.82, 2.24) is 0 Å². The smallest absolute Gasteiger partial charge is 0.108 e. The molecule has 0 aromatic carbocycles. The Bertz CT molecular complexity index is 161. The highest BCUT2D eigenvalue weighted by atomic mass is 16.4. The van der Waals surface area contributed by atoms with E-state index in [0.717, 1.165) is 6.42 Å². The van der Waals surface area contributed by atoms with E-state index in [9.17, 15) is 20.4 Å². The fourth-order valence-corrected chi connectivity index (χ4v) is 1.37. The van der Waals surface area contributed by atoms with Crippen LogP contribution in [0.5, 0.6) is 0 Å². The molecule has 92 valence electrons. The van der Waals surface area contributed by atoms with Crippen molar-refractivity contribution in [2.75, 3.05) is 0 Å². The first-order chi connectivity index (χ1) is 6.90.